The monoisotopic (exact) mass is 558 g/mol. The molecule has 12 nitrogen and oxygen atoms in total. The molecule has 39 heavy (non-hydrogen) atoms. The number of hydrogen-bond acceptors (Lipinski definition) is 11. The molecule has 2 heterocycles. The summed E-state index contributed by atoms with van der Waals surface area (Å²) in [5.41, 5.74) is 1.75. The molecule has 1 aliphatic carbocycles. The van der Waals surface area contributed by atoms with E-state index in [0.29, 0.717) is 22.4 Å². The number of aliphatic hydroxyl groups is 4. The number of sulfonamides is 1. The molecule has 206 valence electrons. The van der Waals surface area contributed by atoms with Gasteiger partial charge in [-0.1, -0.05) is 6.07 Å². The van der Waals surface area contributed by atoms with Crippen LogP contribution in [0.4, 0.5) is 0 Å². The number of fused-ring (bicyclic) bond motifs is 2. The van der Waals surface area contributed by atoms with Gasteiger partial charge in [0, 0.05) is 25.7 Å². The van der Waals surface area contributed by atoms with E-state index in [2.05, 4.69) is 4.98 Å². The van der Waals surface area contributed by atoms with Gasteiger partial charge in [0.05, 0.1) is 11.5 Å². The van der Waals surface area contributed by atoms with Gasteiger partial charge in [0.2, 0.25) is 16.3 Å². The van der Waals surface area contributed by atoms with E-state index >= 15 is 0 Å². The summed E-state index contributed by atoms with van der Waals surface area (Å²) < 4.78 is 44.1. The number of hydrogen-bond donors (Lipinski definition) is 4. The van der Waals surface area contributed by atoms with Crippen LogP contribution < -0.4 is 10.2 Å². The van der Waals surface area contributed by atoms with Crippen molar-refractivity contribution in [2.45, 2.75) is 35.6 Å². The van der Waals surface area contributed by atoms with Crippen LogP contribution in [0.3, 0.4) is 0 Å². The quantitative estimate of drug-likeness (QED) is 0.240. The van der Waals surface area contributed by atoms with Gasteiger partial charge in [-0.25, -0.2) is 17.7 Å². The Morgan fingerprint density at radius 3 is 2.46 bits per heavy atom. The summed E-state index contributed by atoms with van der Waals surface area (Å²) in [5.74, 6) is 0.348. The second kappa shape index (κ2) is 10.3. The Labute approximate surface area is 222 Å². The van der Waals surface area contributed by atoms with Crippen LogP contribution in [0, 0.1) is 0 Å². The van der Waals surface area contributed by atoms with Crippen LogP contribution in [0.5, 0.6) is 5.75 Å². The van der Waals surface area contributed by atoms with Gasteiger partial charge < -0.3 is 34.3 Å². The van der Waals surface area contributed by atoms with Crippen molar-refractivity contribution in [1.82, 2.24) is 9.29 Å². The second-order valence-corrected chi connectivity index (χ2v) is 11.4. The van der Waals surface area contributed by atoms with Crippen molar-refractivity contribution in [3.05, 3.63) is 64.8 Å². The molecule has 1 saturated heterocycles. The lowest BCUT2D eigenvalue weighted by Crippen LogP contribution is -2.60. The SMILES string of the molecule is CN(C)S(=O)(=O)c1ccc(O[C@@H]2O[C@H](CO)[C@H](O)[C@H](O)[C@H]2O)c(-c2ccc3nc4ccc(=O)cc-4oc3c2)c1. The molecule has 4 N–H and O–H groups in total. The Kier molecular flexibility index (Phi) is 7.15. The molecule has 0 unspecified atom stereocenters. The fraction of sp³-hybridized carbons (Fsp3) is 0.308. The molecule has 0 bridgehead atoms. The molecule has 2 aromatic rings. The maximum absolute atomic E-state index is 12.9. The average Bonchev–Trinajstić information content (AvgIpc) is 2.91. The van der Waals surface area contributed by atoms with Crippen molar-refractivity contribution < 1.29 is 42.7 Å². The van der Waals surface area contributed by atoms with Crippen LogP contribution in [-0.2, 0) is 14.8 Å². The first kappa shape index (κ1) is 27.1. The third-order valence-electron chi connectivity index (χ3n) is 6.48. The molecule has 5 atom stereocenters. The van der Waals surface area contributed by atoms with Crippen LogP contribution in [0.1, 0.15) is 0 Å². The standard InChI is InChI=1S/C26H26N2O10S/c1-28(2)39(34,35)15-5-8-19(37-26-25(33)24(32)23(31)22(12-29)38-26)16(11-15)13-3-6-17-20(9-13)36-21-10-14(30)4-7-18(21)27-17/h3-11,22-26,29,31-33H,12H2,1-2H3/t22-,23+,24+,25-,26-/m1/s1. The molecular weight excluding hydrogens is 532 g/mol. The van der Waals surface area contributed by atoms with Gasteiger partial charge in [-0.05, 0) is 48.0 Å². The van der Waals surface area contributed by atoms with E-state index in [4.69, 9.17) is 13.9 Å². The summed E-state index contributed by atoms with van der Waals surface area (Å²) in [7, 11) is -1.07. The number of aliphatic hydroxyl groups excluding tert-OH is 4. The highest BCUT2D eigenvalue weighted by molar-refractivity contribution is 7.89. The molecule has 1 fully saturated rings. The van der Waals surface area contributed by atoms with Gasteiger partial charge in [-0.2, -0.15) is 0 Å². The second-order valence-electron chi connectivity index (χ2n) is 9.29. The Morgan fingerprint density at radius 1 is 0.974 bits per heavy atom. The van der Waals surface area contributed by atoms with E-state index < -0.39 is 47.3 Å². The van der Waals surface area contributed by atoms with E-state index in [-0.39, 0.29) is 27.4 Å². The van der Waals surface area contributed by atoms with Crippen molar-refractivity contribution in [2.75, 3.05) is 20.7 Å². The van der Waals surface area contributed by atoms with Gasteiger partial charge in [-0.15, -0.1) is 0 Å². The third kappa shape index (κ3) is 5.01. The summed E-state index contributed by atoms with van der Waals surface area (Å²) >= 11 is 0. The summed E-state index contributed by atoms with van der Waals surface area (Å²) in [4.78, 5) is 16.2. The highest BCUT2D eigenvalue weighted by atomic mass is 32.2. The first-order chi connectivity index (χ1) is 18.5. The van der Waals surface area contributed by atoms with Crippen LogP contribution in [0.2, 0.25) is 0 Å². The maximum atomic E-state index is 12.9. The molecule has 0 amide bonds. The van der Waals surface area contributed by atoms with Crippen molar-refractivity contribution in [1.29, 1.82) is 0 Å². The predicted molar refractivity (Wildman–Crippen MR) is 138 cm³/mol. The van der Waals surface area contributed by atoms with Crippen LogP contribution in [0.15, 0.2) is 68.7 Å². The van der Waals surface area contributed by atoms with Gasteiger partial charge in [-0.3, -0.25) is 4.79 Å². The maximum Gasteiger partial charge on any atom is 0.242 e. The van der Waals surface area contributed by atoms with Crippen LogP contribution in [-0.4, -0.2) is 89.5 Å². The highest BCUT2D eigenvalue weighted by Crippen LogP contribution is 2.37. The molecule has 0 spiro atoms. The molecule has 0 aromatic heterocycles. The molecule has 5 rings (SSSR count). The fourth-order valence-electron chi connectivity index (χ4n) is 4.27. The predicted octanol–water partition coefficient (Wildman–Crippen LogP) is 0.389. The molecule has 2 aliphatic heterocycles. The Hall–Kier alpha value is -3.43. The van der Waals surface area contributed by atoms with Crippen molar-refractivity contribution in [3.63, 3.8) is 0 Å². The Morgan fingerprint density at radius 2 is 1.74 bits per heavy atom. The van der Waals surface area contributed by atoms with Gasteiger partial charge in [0.25, 0.3) is 0 Å². The number of nitrogens with zero attached hydrogens (tertiary/aromatic N) is 2. The van der Waals surface area contributed by atoms with E-state index in [0.717, 1.165) is 4.31 Å². The number of aromatic nitrogens is 1. The molecule has 0 radical (unpaired) electrons. The fourth-order valence-corrected chi connectivity index (χ4v) is 5.20. The molecular formula is C26H26N2O10S. The lowest BCUT2D eigenvalue weighted by molar-refractivity contribution is -0.277. The molecule has 3 aliphatic rings. The largest absolute Gasteiger partial charge is 0.461 e. The smallest absolute Gasteiger partial charge is 0.242 e. The molecule has 0 saturated carbocycles. The number of benzene rings is 3. The third-order valence-corrected chi connectivity index (χ3v) is 8.30. The first-order valence-electron chi connectivity index (χ1n) is 11.9. The lowest BCUT2D eigenvalue weighted by Gasteiger charge is -2.39. The Bertz CT molecular complexity index is 1650. The lowest BCUT2D eigenvalue weighted by atomic mass is 9.99. The van der Waals surface area contributed by atoms with Crippen LogP contribution in [0.25, 0.3) is 33.7 Å². The van der Waals surface area contributed by atoms with Crippen molar-refractivity contribution >= 4 is 21.1 Å². The summed E-state index contributed by atoms with van der Waals surface area (Å²) in [6, 6.07) is 13.2. The first-order valence-corrected chi connectivity index (χ1v) is 13.3. The van der Waals surface area contributed by atoms with E-state index in [1.807, 2.05) is 0 Å². The summed E-state index contributed by atoms with van der Waals surface area (Å²) in [5, 5.41) is 40.2. The van der Waals surface area contributed by atoms with E-state index in [9.17, 15) is 33.6 Å². The van der Waals surface area contributed by atoms with Crippen LogP contribution >= 0.6 is 0 Å². The number of ether oxygens (including phenoxy) is 2. The molecule has 2 aromatic carbocycles. The van der Waals surface area contributed by atoms with E-state index in [1.165, 1.54) is 44.4 Å². The molecule has 13 heteroatoms. The zero-order valence-corrected chi connectivity index (χ0v) is 21.6. The van der Waals surface area contributed by atoms with Crippen molar-refractivity contribution in [2.24, 2.45) is 0 Å². The van der Waals surface area contributed by atoms with Gasteiger partial charge in [0.1, 0.15) is 41.4 Å². The summed E-state index contributed by atoms with van der Waals surface area (Å²) in [6.07, 6.45) is -7.61. The minimum atomic E-state index is -3.85. The van der Waals surface area contributed by atoms with Gasteiger partial charge in [0.15, 0.2) is 16.8 Å². The van der Waals surface area contributed by atoms with Gasteiger partial charge >= 0.3 is 0 Å². The minimum absolute atomic E-state index is 0.0479. The average molecular weight is 559 g/mol. The summed E-state index contributed by atoms with van der Waals surface area (Å²) in [6.45, 7) is -0.643. The topological polar surface area (TPSA) is 180 Å². The zero-order chi connectivity index (χ0) is 28.1. The van der Waals surface area contributed by atoms with E-state index in [1.54, 1.807) is 24.3 Å². The Balaban J connectivity index is 1.63. The number of rotatable bonds is 6. The van der Waals surface area contributed by atoms with Crippen molar-refractivity contribution in [3.8, 4) is 28.3 Å². The highest BCUT2D eigenvalue weighted by Gasteiger charge is 2.45. The minimum Gasteiger partial charge on any atom is -0.461 e. The zero-order valence-electron chi connectivity index (χ0n) is 20.8. The normalized spacial score (nSPS) is 23.9.